The van der Waals surface area contributed by atoms with Gasteiger partial charge in [0, 0.05) is 62.8 Å². The van der Waals surface area contributed by atoms with E-state index in [1.165, 1.54) is 11.3 Å². The smallest absolute Gasteiger partial charge is 0.224 e. The fourth-order valence-corrected chi connectivity index (χ4v) is 3.99. The molecule has 25 heavy (non-hydrogen) atoms. The second-order valence-corrected chi connectivity index (χ2v) is 6.92. The van der Waals surface area contributed by atoms with Gasteiger partial charge in [-0.1, -0.05) is 18.2 Å². The first-order valence-electron chi connectivity index (χ1n) is 9.18. The van der Waals surface area contributed by atoms with E-state index in [-0.39, 0.29) is 5.91 Å². The van der Waals surface area contributed by atoms with Gasteiger partial charge in [0.2, 0.25) is 5.91 Å². The van der Waals surface area contributed by atoms with E-state index in [0.29, 0.717) is 12.3 Å². The molecule has 2 aliphatic rings. The normalized spacial score (nSPS) is 19.8. The van der Waals surface area contributed by atoms with Crippen LogP contribution in [-0.2, 0) is 11.2 Å². The van der Waals surface area contributed by atoms with Gasteiger partial charge < -0.3 is 9.80 Å². The van der Waals surface area contributed by atoms with Gasteiger partial charge in [-0.25, -0.2) is 0 Å². The van der Waals surface area contributed by atoms with E-state index in [1.807, 2.05) is 11.1 Å². The van der Waals surface area contributed by atoms with Gasteiger partial charge in [-0.2, -0.15) is 0 Å². The Morgan fingerprint density at radius 2 is 2.12 bits per heavy atom. The standard InChI is InChI=1S/C20H24N4O/c25-20(8-13-23-12-7-16-4-1-2-6-19(16)23)24-11-3-5-17(15-24)18-14-21-9-10-22-18/h1-2,4,6,9-10,14,17H,3,5,7-8,11-13,15H2. The summed E-state index contributed by atoms with van der Waals surface area (Å²) in [5.41, 5.74) is 3.70. The number of aromatic nitrogens is 2. The lowest BCUT2D eigenvalue weighted by atomic mass is 9.95. The minimum atomic E-state index is 0.262. The molecule has 0 saturated carbocycles. The van der Waals surface area contributed by atoms with Crippen LogP contribution in [0.1, 0.15) is 36.4 Å². The lowest BCUT2D eigenvalue weighted by Crippen LogP contribution is -2.40. The average molecular weight is 336 g/mol. The van der Waals surface area contributed by atoms with Crippen molar-refractivity contribution in [2.45, 2.75) is 31.6 Å². The van der Waals surface area contributed by atoms with Crippen molar-refractivity contribution < 1.29 is 4.79 Å². The minimum absolute atomic E-state index is 0.262. The second-order valence-electron chi connectivity index (χ2n) is 6.92. The van der Waals surface area contributed by atoms with E-state index >= 15 is 0 Å². The van der Waals surface area contributed by atoms with Crippen molar-refractivity contribution in [3.05, 3.63) is 54.1 Å². The molecule has 0 spiro atoms. The number of benzene rings is 1. The van der Waals surface area contributed by atoms with Gasteiger partial charge in [0.15, 0.2) is 0 Å². The molecule has 1 fully saturated rings. The third kappa shape index (κ3) is 3.50. The number of nitrogens with zero attached hydrogens (tertiary/aromatic N) is 4. The second kappa shape index (κ2) is 7.21. The molecule has 1 unspecified atom stereocenters. The number of rotatable bonds is 4. The van der Waals surface area contributed by atoms with Crippen LogP contribution in [0.3, 0.4) is 0 Å². The number of piperidine rings is 1. The predicted octanol–water partition coefficient (Wildman–Crippen LogP) is 2.64. The number of carbonyl (C=O) groups is 1. The number of anilines is 1. The van der Waals surface area contributed by atoms with Gasteiger partial charge >= 0.3 is 0 Å². The fraction of sp³-hybridized carbons (Fsp3) is 0.450. The maximum atomic E-state index is 12.7. The van der Waals surface area contributed by atoms with Crippen molar-refractivity contribution in [2.75, 3.05) is 31.1 Å². The van der Waals surface area contributed by atoms with Gasteiger partial charge in [-0.3, -0.25) is 14.8 Å². The van der Waals surface area contributed by atoms with Crippen LogP contribution in [0.15, 0.2) is 42.9 Å². The average Bonchev–Trinajstić information content (AvgIpc) is 3.10. The Labute approximate surface area is 148 Å². The van der Waals surface area contributed by atoms with E-state index in [2.05, 4.69) is 39.1 Å². The summed E-state index contributed by atoms with van der Waals surface area (Å²) < 4.78 is 0. The van der Waals surface area contributed by atoms with E-state index < -0.39 is 0 Å². The zero-order valence-corrected chi connectivity index (χ0v) is 14.5. The molecular formula is C20H24N4O. The Morgan fingerprint density at radius 1 is 1.20 bits per heavy atom. The molecule has 1 saturated heterocycles. The van der Waals surface area contributed by atoms with Crippen molar-refractivity contribution >= 4 is 11.6 Å². The number of fused-ring (bicyclic) bond motifs is 1. The van der Waals surface area contributed by atoms with Crippen LogP contribution in [0.5, 0.6) is 0 Å². The van der Waals surface area contributed by atoms with E-state index in [4.69, 9.17) is 0 Å². The molecule has 2 aliphatic heterocycles. The third-order valence-electron chi connectivity index (χ3n) is 5.35. The number of hydrogen-bond donors (Lipinski definition) is 0. The summed E-state index contributed by atoms with van der Waals surface area (Å²) in [4.78, 5) is 25.7. The lowest BCUT2D eigenvalue weighted by molar-refractivity contribution is -0.132. The highest BCUT2D eigenvalue weighted by molar-refractivity contribution is 5.77. The quantitative estimate of drug-likeness (QED) is 0.861. The Kier molecular flexibility index (Phi) is 4.63. The largest absolute Gasteiger partial charge is 0.370 e. The molecule has 4 rings (SSSR count). The third-order valence-corrected chi connectivity index (χ3v) is 5.35. The SMILES string of the molecule is O=C(CCN1CCc2ccccc21)N1CCCC(c2cnccn2)C1. The maximum Gasteiger partial charge on any atom is 0.224 e. The molecule has 1 aromatic heterocycles. The molecule has 0 N–H and O–H groups in total. The zero-order chi connectivity index (χ0) is 17.1. The molecule has 2 aromatic rings. The summed E-state index contributed by atoms with van der Waals surface area (Å²) in [7, 11) is 0. The first-order chi connectivity index (χ1) is 12.3. The highest BCUT2D eigenvalue weighted by atomic mass is 16.2. The number of amides is 1. The molecule has 0 bridgehead atoms. The van der Waals surface area contributed by atoms with Crippen LogP contribution in [0.4, 0.5) is 5.69 Å². The van der Waals surface area contributed by atoms with Crippen LogP contribution in [0.25, 0.3) is 0 Å². The summed E-state index contributed by atoms with van der Waals surface area (Å²) in [6, 6.07) is 8.52. The molecular weight excluding hydrogens is 312 g/mol. The summed E-state index contributed by atoms with van der Waals surface area (Å²) >= 11 is 0. The fourth-order valence-electron chi connectivity index (χ4n) is 3.99. The van der Waals surface area contributed by atoms with Crippen LogP contribution in [0, 0.1) is 0 Å². The van der Waals surface area contributed by atoms with E-state index in [0.717, 1.165) is 51.1 Å². The maximum absolute atomic E-state index is 12.7. The summed E-state index contributed by atoms with van der Waals surface area (Å²) in [6.07, 6.45) is 9.07. The monoisotopic (exact) mass is 336 g/mol. The first-order valence-corrected chi connectivity index (χ1v) is 9.18. The number of para-hydroxylation sites is 1. The number of likely N-dealkylation sites (tertiary alicyclic amines) is 1. The summed E-state index contributed by atoms with van der Waals surface area (Å²) in [5.74, 6) is 0.580. The Balaban J connectivity index is 1.34. The molecule has 0 aliphatic carbocycles. The molecule has 1 aromatic carbocycles. The Hall–Kier alpha value is -2.43. The minimum Gasteiger partial charge on any atom is -0.370 e. The number of carbonyl (C=O) groups excluding carboxylic acids is 1. The predicted molar refractivity (Wildman–Crippen MR) is 97.6 cm³/mol. The topological polar surface area (TPSA) is 49.3 Å². The van der Waals surface area contributed by atoms with Crippen LogP contribution in [-0.4, -0.2) is 47.0 Å². The molecule has 0 radical (unpaired) electrons. The van der Waals surface area contributed by atoms with Gasteiger partial charge in [0.25, 0.3) is 0 Å². The Morgan fingerprint density at radius 3 is 3.00 bits per heavy atom. The molecule has 130 valence electrons. The lowest BCUT2D eigenvalue weighted by Gasteiger charge is -2.33. The van der Waals surface area contributed by atoms with Crippen LogP contribution >= 0.6 is 0 Å². The van der Waals surface area contributed by atoms with Crippen molar-refractivity contribution in [3.8, 4) is 0 Å². The van der Waals surface area contributed by atoms with Crippen molar-refractivity contribution in [1.29, 1.82) is 0 Å². The van der Waals surface area contributed by atoms with Gasteiger partial charge in [-0.15, -0.1) is 0 Å². The highest BCUT2D eigenvalue weighted by Crippen LogP contribution is 2.28. The Bertz CT molecular complexity index is 733. The van der Waals surface area contributed by atoms with E-state index in [9.17, 15) is 4.79 Å². The van der Waals surface area contributed by atoms with Gasteiger partial charge in [0.1, 0.15) is 0 Å². The van der Waals surface area contributed by atoms with Gasteiger partial charge in [0.05, 0.1) is 5.69 Å². The molecule has 5 nitrogen and oxygen atoms in total. The zero-order valence-electron chi connectivity index (χ0n) is 14.5. The highest BCUT2D eigenvalue weighted by Gasteiger charge is 2.26. The molecule has 1 atom stereocenters. The summed E-state index contributed by atoms with van der Waals surface area (Å²) in [6.45, 7) is 3.47. The van der Waals surface area contributed by atoms with E-state index in [1.54, 1.807) is 12.4 Å². The molecule has 3 heterocycles. The van der Waals surface area contributed by atoms with Gasteiger partial charge in [-0.05, 0) is 30.9 Å². The van der Waals surface area contributed by atoms with Crippen LogP contribution < -0.4 is 4.90 Å². The van der Waals surface area contributed by atoms with Crippen molar-refractivity contribution in [3.63, 3.8) is 0 Å². The summed E-state index contributed by atoms with van der Waals surface area (Å²) in [5, 5.41) is 0. The van der Waals surface area contributed by atoms with Crippen molar-refractivity contribution in [2.24, 2.45) is 0 Å². The first kappa shape index (κ1) is 16.1. The molecule has 5 heteroatoms. The number of hydrogen-bond acceptors (Lipinski definition) is 4. The van der Waals surface area contributed by atoms with Crippen molar-refractivity contribution in [1.82, 2.24) is 14.9 Å². The molecule has 1 amide bonds. The van der Waals surface area contributed by atoms with Crippen LogP contribution in [0.2, 0.25) is 0 Å².